The summed E-state index contributed by atoms with van der Waals surface area (Å²) < 4.78 is 12.9. The third-order valence-electron chi connectivity index (χ3n) is 2.82. The largest absolute Gasteiger partial charge is 0.326 e. The van der Waals surface area contributed by atoms with Gasteiger partial charge in [-0.2, -0.15) is 0 Å². The van der Waals surface area contributed by atoms with Crippen LogP contribution in [0, 0.1) is 12.7 Å². The fraction of sp³-hybridized carbons (Fsp3) is 0.571. The normalized spacial score (nSPS) is 11.8. The van der Waals surface area contributed by atoms with Gasteiger partial charge in [-0.1, -0.05) is 6.07 Å². The van der Waals surface area contributed by atoms with Gasteiger partial charge in [0.15, 0.2) is 0 Å². The lowest BCUT2D eigenvalue weighted by molar-refractivity contribution is 0.456. The quantitative estimate of drug-likeness (QED) is 0.747. The van der Waals surface area contributed by atoms with E-state index in [0.717, 1.165) is 31.5 Å². The van der Waals surface area contributed by atoms with E-state index >= 15 is 0 Å². The maximum atomic E-state index is 12.9. The fourth-order valence-corrected chi connectivity index (χ4v) is 1.70. The SMILES string of the molecule is Cc1cc(F)ccc1CCNCCC(C)(C)N. The summed E-state index contributed by atoms with van der Waals surface area (Å²) in [5.41, 5.74) is 7.99. The summed E-state index contributed by atoms with van der Waals surface area (Å²) in [6.07, 6.45) is 1.88. The van der Waals surface area contributed by atoms with E-state index in [-0.39, 0.29) is 11.4 Å². The third-order valence-corrected chi connectivity index (χ3v) is 2.82. The van der Waals surface area contributed by atoms with E-state index in [4.69, 9.17) is 5.73 Å². The first-order chi connectivity index (χ1) is 7.88. The molecule has 96 valence electrons. The van der Waals surface area contributed by atoms with Crippen LogP contribution in [-0.4, -0.2) is 18.6 Å². The van der Waals surface area contributed by atoms with Gasteiger partial charge in [-0.05, 0) is 70.0 Å². The second-order valence-corrected chi connectivity index (χ2v) is 5.31. The summed E-state index contributed by atoms with van der Waals surface area (Å²) in [7, 11) is 0. The lowest BCUT2D eigenvalue weighted by Gasteiger charge is -2.18. The van der Waals surface area contributed by atoms with Crippen molar-refractivity contribution in [1.82, 2.24) is 5.32 Å². The first kappa shape index (κ1) is 14.1. The molecule has 0 fully saturated rings. The molecule has 1 aromatic rings. The van der Waals surface area contributed by atoms with Gasteiger partial charge in [-0.3, -0.25) is 0 Å². The summed E-state index contributed by atoms with van der Waals surface area (Å²) in [5, 5.41) is 3.36. The highest BCUT2D eigenvalue weighted by molar-refractivity contribution is 5.26. The maximum absolute atomic E-state index is 12.9. The Kier molecular flexibility index (Phi) is 5.09. The van der Waals surface area contributed by atoms with Crippen molar-refractivity contribution in [2.24, 2.45) is 5.73 Å². The molecule has 3 N–H and O–H groups in total. The van der Waals surface area contributed by atoms with Crippen LogP contribution in [0.15, 0.2) is 18.2 Å². The van der Waals surface area contributed by atoms with Gasteiger partial charge in [0.1, 0.15) is 5.82 Å². The number of rotatable bonds is 6. The van der Waals surface area contributed by atoms with Crippen LogP contribution in [0.4, 0.5) is 4.39 Å². The van der Waals surface area contributed by atoms with Crippen molar-refractivity contribution in [3.05, 3.63) is 35.1 Å². The molecule has 17 heavy (non-hydrogen) atoms. The van der Waals surface area contributed by atoms with E-state index in [1.165, 1.54) is 11.6 Å². The summed E-state index contributed by atoms with van der Waals surface area (Å²) in [5.74, 6) is -0.163. The first-order valence-electron chi connectivity index (χ1n) is 6.13. The van der Waals surface area contributed by atoms with Gasteiger partial charge in [-0.15, -0.1) is 0 Å². The predicted octanol–water partition coefficient (Wildman–Crippen LogP) is 2.39. The topological polar surface area (TPSA) is 38.0 Å². The monoisotopic (exact) mass is 238 g/mol. The van der Waals surface area contributed by atoms with Crippen LogP contribution in [0.5, 0.6) is 0 Å². The van der Waals surface area contributed by atoms with Crippen LogP contribution >= 0.6 is 0 Å². The van der Waals surface area contributed by atoms with E-state index in [1.807, 2.05) is 26.8 Å². The zero-order valence-corrected chi connectivity index (χ0v) is 11.0. The lowest BCUT2D eigenvalue weighted by Crippen LogP contribution is -2.36. The number of nitrogens with one attached hydrogen (secondary N) is 1. The summed E-state index contributed by atoms with van der Waals surface area (Å²) in [6, 6.07) is 4.96. The molecule has 0 amide bonds. The Labute approximate surface area is 103 Å². The molecule has 0 saturated heterocycles. The van der Waals surface area contributed by atoms with Crippen molar-refractivity contribution in [2.45, 2.75) is 39.2 Å². The predicted molar refractivity (Wildman–Crippen MR) is 70.6 cm³/mol. The summed E-state index contributed by atoms with van der Waals surface area (Å²) in [4.78, 5) is 0. The maximum Gasteiger partial charge on any atom is 0.123 e. The van der Waals surface area contributed by atoms with Crippen molar-refractivity contribution in [3.8, 4) is 0 Å². The van der Waals surface area contributed by atoms with Gasteiger partial charge in [0.2, 0.25) is 0 Å². The number of hydrogen-bond donors (Lipinski definition) is 2. The Hall–Kier alpha value is -0.930. The Morgan fingerprint density at radius 2 is 2.00 bits per heavy atom. The molecule has 0 aliphatic carbocycles. The molecule has 0 saturated carbocycles. The van der Waals surface area contributed by atoms with Crippen molar-refractivity contribution < 1.29 is 4.39 Å². The van der Waals surface area contributed by atoms with Crippen LogP contribution in [0.3, 0.4) is 0 Å². The van der Waals surface area contributed by atoms with Gasteiger partial charge in [0, 0.05) is 5.54 Å². The molecular formula is C14H23FN2. The Morgan fingerprint density at radius 3 is 2.59 bits per heavy atom. The number of nitrogens with two attached hydrogens (primary N) is 1. The van der Waals surface area contributed by atoms with Gasteiger partial charge in [0.25, 0.3) is 0 Å². The van der Waals surface area contributed by atoms with Gasteiger partial charge in [-0.25, -0.2) is 4.39 Å². The number of aryl methyl sites for hydroxylation is 1. The molecule has 0 aromatic heterocycles. The molecule has 0 aliphatic rings. The molecule has 1 rings (SSSR count). The molecule has 0 radical (unpaired) electrons. The van der Waals surface area contributed by atoms with E-state index < -0.39 is 0 Å². The van der Waals surface area contributed by atoms with E-state index in [0.29, 0.717) is 0 Å². The van der Waals surface area contributed by atoms with Crippen LogP contribution in [0.2, 0.25) is 0 Å². The second kappa shape index (κ2) is 6.12. The van der Waals surface area contributed by atoms with Crippen LogP contribution in [0.25, 0.3) is 0 Å². The molecule has 0 unspecified atom stereocenters. The van der Waals surface area contributed by atoms with Crippen LogP contribution < -0.4 is 11.1 Å². The van der Waals surface area contributed by atoms with Crippen LogP contribution in [-0.2, 0) is 6.42 Å². The fourth-order valence-electron chi connectivity index (χ4n) is 1.70. The number of halogens is 1. The second-order valence-electron chi connectivity index (χ2n) is 5.31. The minimum Gasteiger partial charge on any atom is -0.326 e. The number of benzene rings is 1. The van der Waals surface area contributed by atoms with Crippen molar-refractivity contribution >= 4 is 0 Å². The summed E-state index contributed by atoms with van der Waals surface area (Å²) in [6.45, 7) is 7.82. The average molecular weight is 238 g/mol. The van der Waals surface area contributed by atoms with Crippen molar-refractivity contribution in [1.29, 1.82) is 0 Å². The van der Waals surface area contributed by atoms with E-state index in [1.54, 1.807) is 6.07 Å². The first-order valence-corrected chi connectivity index (χ1v) is 6.13. The minimum absolute atomic E-state index is 0.112. The lowest BCUT2D eigenvalue weighted by atomic mass is 10.0. The zero-order chi connectivity index (χ0) is 12.9. The third kappa shape index (κ3) is 5.80. The molecule has 0 atom stereocenters. The molecule has 1 aromatic carbocycles. The smallest absolute Gasteiger partial charge is 0.123 e. The minimum atomic E-state index is -0.163. The Balaban J connectivity index is 2.27. The van der Waals surface area contributed by atoms with Crippen molar-refractivity contribution in [3.63, 3.8) is 0 Å². The highest BCUT2D eigenvalue weighted by Crippen LogP contribution is 2.10. The molecule has 0 aliphatic heterocycles. The highest BCUT2D eigenvalue weighted by atomic mass is 19.1. The zero-order valence-electron chi connectivity index (χ0n) is 11.0. The summed E-state index contributed by atoms with van der Waals surface area (Å²) >= 11 is 0. The Morgan fingerprint density at radius 1 is 1.29 bits per heavy atom. The molecule has 0 spiro atoms. The van der Waals surface area contributed by atoms with E-state index in [2.05, 4.69) is 5.32 Å². The van der Waals surface area contributed by atoms with E-state index in [9.17, 15) is 4.39 Å². The van der Waals surface area contributed by atoms with Crippen molar-refractivity contribution in [2.75, 3.05) is 13.1 Å². The highest BCUT2D eigenvalue weighted by Gasteiger charge is 2.08. The van der Waals surface area contributed by atoms with Gasteiger partial charge < -0.3 is 11.1 Å². The average Bonchev–Trinajstić information content (AvgIpc) is 2.18. The van der Waals surface area contributed by atoms with Crippen LogP contribution in [0.1, 0.15) is 31.4 Å². The molecule has 0 bridgehead atoms. The molecule has 2 nitrogen and oxygen atoms in total. The molecular weight excluding hydrogens is 215 g/mol. The Bertz CT molecular complexity index is 356. The van der Waals surface area contributed by atoms with Gasteiger partial charge >= 0.3 is 0 Å². The molecule has 3 heteroatoms. The van der Waals surface area contributed by atoms with Gasteiger partial charge in [0.05, 0.1) is 0 Å². The molecule has 0 heterocycles. The standard InChI is InChI=1S/C14H23FN2/c1-11-10-13(15)5-4-12(11)6-8-17-9-7-14(2,3)16/h4-5,10,17H,6-9,16H2,1-3H3. The number of hydrogen-bond acceptors (Lipinski definition) is 2.